The highest BCUT2D eigenvalue weighted by Crippen LogP contribution is 2.35. The Labute approximate surface area is 185 Å². The largest absolute Gasteiger partial charge is 0.465 e. The van der Waals surface area contributed by atoms with Gasteiger partial charge in [0.25, 0.3) is 10.0 Å². The van der Waals surface area contributed by atoms with Gasteiger partial charge in [-0.2, -0.15) is 8.78 Å². The Morgan fingerprint density at radius 3 is 2.43 bits per heavy atom. The smallest absolute Gasteiger partial charge is 0.404 e. The van der Waals surface area contributed by atoms with Crippen LogP contribution in [0.2, 0.25) is 0 Å². The van der Waals surface area contributed by atoms with Crippen molar-refractivity contribution in [3.05, 3.63) is 58.2 Å². The Balaban J connectivity index is 0.00000320. The third kappa shape index (κ3) is 4.85. The highest BCUT2D eigenvalue weighted by atomic mass is 79.9. The topological polar surface area (TPSA) is 97.6 Å². The molecule has 2 aromatic carbocycles. The Morgan fingerprint density at radius 2 is 1.87 bits per heavy atom. The summed E-state index contributed by atoms with van der Waals surface area (Å²) in [4.78, 5) is 10.9. The van der Waals surface area contributed by atoms with Crippen molar-refractivity contribution < 1.29 is 31.8 Å². The lowest BCUT2D eigenvalue weighted by molar-refractivity contribution is -0.0502. The van der Waals surface area contributed by atoms with Gasteiger partial charge in [-0.05, 0) is 53.2 Å². The summed E-state index contributed by atoms with van der Waals surface area (Å²) in [5, 5.41) is 11.3. The minimum absolute atomic E-state index is 0. The summed E-state index contributed by atoms with van der Waals surface area (Å²) in [7, 11) is -4.10. The minimum Gasteiger partial charge on any atom is -0.465 e. The van der Waals surface area contributed by atoms with Crippen LogP contribution in [0.4, 0.5) is 13.6 Å². The van der Waals surface area contributed by atoms with Crippen LogP contribution in [0.1, 0.15) is 11.3 Å². The van der Waals surface area contributed by atoms with Gasteiger partial charge in [0.05, 0.1) is 27.1 Å². The van der Waals surface area contributed by atoms with Gasteiger partial charge in [0.2, 0.25) is 0 Å². The average molecular weight is 526 g/mol. The molecule has 0 aliphatic carbocycles. The number of benzene rings is 2. The summed E-state index contributed by atoms with van der Waals surface area (Å²) in [5.41, 5.74) is 1.16. The molecule has 3 rings (SSSR count). The van der Waals surface area contributed by atoms with Crippen molar-refractivity contribution in [2.24, 2.45) is 0 Å². The fourth-order valence-corrected chi connectivity index (χ4v) is 4.78. The molecule has 2 N–H and O–H groups in total. The van der Waals surface area contributed by atoms with Crippen LogP contribution in [0.3, 0.4) is 0 Å². The number of aromatic nitrogens is 1. The first-order valence-corrected chi connectivity index (χ1v) is 10.4. The number of carboxylic acid groups (broad SMARTS) is 1. The van der Waals surface area contributed by atoms with Gasteiger partial charge in [0, 0.05) is 5.39 Å². The number of fused-ring (bicyclic) bond motifs is 1. The SMILES string of the molecule is Cc1ccc(S(=O)(=O)n2c(CNC(=O)O)cc3cc(OC(F)F)c(Br)cc32)cc1.Cl. The molecule has 162 valence electrons. The van der Waals surface area contributed by atoms with E-state index in [9.17, 15) is 22.0 Å². The highest BCUT2D eigenvalue weighted by molar-refractivity contribution is 9.10. The highest BCUT2D eigenvalue weighted by Gasteiger charge is 2.24. The minimum atomic E-state index is -4.10. The Bertz CT molecular complexity index is 1180. The van der Waals surface area contributed by atoms with Gasteiger partial charge in [-0.3, -0.25) is 0 Å². The number of ether oxygens (including phenoxy) is 1. The number of nitrogens with zero attached hydrogens (tertiary/aromatic N) is 1. The van der Waals surface area contributed by atoms with Crippen LogP contribution in [0.25, 0.3) is 10.9 Å². The van der Waals surface area contributed by atoms with E-state index >= 15 is 0 Å². The lowest BCUT2D eigenvalue weighted by Crippen LogP contribution is -2.24. The van der Waals surface area contributed by atoms with E-state index in [4.69, 9.17) is 5.11 Å². The molecular weight excluding hydrogens is 510 g/mol. The molecule has 0 unspecified atom stereocenters. The molecule has 0 bridgehead atoms. The second-order valence-corrected chi connectivity index (χ2v) is 8.74. The van der Waals surface area contributed by atoms with Crippen molar-refractivity contribution in [3.63, 3.8) is 0 Å². The second-order valence-electron chi connectivity index (χ2n) is 6.10. The van der Waals surface area contributed by atoms with Gasteiger partial charge in [-0.1, -0.05) is 17.7 Å². The molecule has 1 heterocycles. The Hall–Kier alpha value is -2.37. The number of hydrogen-bond donors (Lipinski definition) is 2. The van der Waals surface area contributed by atoms with Crippen molar-refractivity contribution in [1.82, 2.24) is 9.29 Å². The van der Waals surface area contributed by atoms with E-state index in [1.165, 1.54) is 30.3 Å². The number of nitrogens with one attached hydrogen (secondary N) is 1. The summed E-state index contributed by atoms with van der Waals surface area (Å²) in [5.74, 6) is -0.171. The number of alkyl halides is 2. The summed E-state index contributed by atoms with van der Waals surface area (Å²) < 4.78 is 57.3. The summed E-state index contributed by atoms with van der Waals surface area (Å²) in [6.07, 6.45) is -1.34. The number of rotatable bonds is 6. The molecule has 0 saturated carbocycles. The molecule has 0 atom stereocenters. The molecule has 1 amide bonds. The van der Waals surface area contributed by atoms with E-state index in [-0.39, 0.29) is 45.3 Å². The third-order valence-electron chi connectivity index (χ3n) is 4.08. The van der Waals surface area contributed by atoms with Crippen molar-refractivity contribution in [2.45, 2.75) is 25.0 Å². The Kier molecular flexibility index (Phi) is 7.32. The maximum absolute atomic E-state index is 13.3. The van der Waals surface area contributed by atoms with E-state index in [1.807, 2.05) is 6.92 Å². The van der Waals surface area contributed by atoms with Crippen molar-refractivity contribution in [3.8, 4) is 5.75 Å². The third-order valence-corrected chi connectivity index (χ3v) is 6.48. The number of amides is 1. The van der Waals surface area contributed by atoms with Crippen LogP contribution in [-0.2, 0) is 16.6 Å². The average Bonchev–Trinajstić information content (AvgIpc) is 2.98. The van der Waals surface area contributed by atoms with Crippen molar-refractivity contribution >= 4 is 55.4 Å². The zero-order valence-corrected chi connectivity index (χ0v) is 18.5. The number of halogens is 4. The van der Waals surface area contributed by atoms with Crippen LogP contribution in [0, 0.1) is 6.92 Å². The van der Waals surface area contributed by atoms with E-state index in [0.29, 0.717) is 5.39 Å². The first-order valence-electron chi connectivity index (χ1n) is 8.17. The summed E-state index contributed by atoms with van der Waals surface area (Å²) in [6, 6.07) is 10.2. The molecule has 0 aliphatic heterocycles. The molecule has 0 spiro atoms. The fraction of sp³-hybridized carbons (Fsp3) is 0.167. The van der Waals surface area contributed by atoms with Crippen molar-refractivity contribution in [1.29, 1.82) is 0 Å². The van der Waals surface area contributed by atoms with E-state index in [0.717, 1.165) is 9.54 Å². The number of aryl methyl sites for hydroxylation is 1. The molecule has 1 aromatic heterocycles. The lowest BCUT2D eigenvalue weighted by atomic mass is 10.2. The van der Waals surface area contributed by atoms with Crippen LogP contribution in [0.5, 0.6) is 5.75 Å². The number of carbonyl (C=O) groups is 1. The van der Waals surface area contributed by atoms with E-state index < -0.39 is 22.7 Å². The molecule has 3 aromatic rings. The quantitative estimate of drug-likeness (QED) is 0.484. The molecule has 30 heavy (non-hydrogen) atoms. The number of hydrogen-bond acceptors (Lipinski definition) is 4. The lowest BCUT2D eigenvalue weighted by Gasteiger charge is -2.13. The summed E-state index contributed by atoms with van der Waals surface area (Å²) >= 11 is 3.11. The molecule has 7 nitrogen and oxygen atoms in total. The molecule has 0 aliphatic rings. The zero-order chi connectivity index (χ0) is 21.3. The first-order chi connectivity index (χ1) is 13.6. The van der Waals surface area contributed by atoms with Gasteiger partial charge in [0.1, 0.15) is 5.75 Å². The standard InChI is InChI=1S/C18H15BrF2N2O5S.ClH/c1-10-2-4-13(5-3-10)29(26,27)23-12(9-22-18(24)25)6-11-7-16(28-17(20)21)14(19)8-15(11)23;/h2-8,17,22H,9H2,1H3,(H,24,25);1H. The van der Waals surface area contributed by atoms with E-state index in [2.05, 4.69) is 26.0 Å². The van der Waals surface area contributed by atoms with E-state index in [1.54, 1.807) is 12.1 Å². The Morgan fingerprint density at radius 1 is 1.23 bits per heavy atom. The normalized spacial score (nSPS) is 11.4. The van der Waals surface area contributed by atoms with Crippen LogP contribution in [-0.4, -0.2) is 30.2 Å². The van der Waals surface area contributed by atoms with Gasteiger partial charge < -0.3 is 15.2 Å². The molecule has 0 fully saturated rings. The molecule has 12 heteroatoms. The van der Waals surface area contributed by atoms with Gasteiger partial charge >= 0.3 is 12.7 Å². The van der Waals surface area contributed by atoms with Gasteiger partial charge in [-0.25, -0.2) is 17.2 Å². The fourth-order valence-electron chi connectivity index (χ4n) is 2.82. The predicted molar refractivity (Wildman–Crippen MR) is 112 cm³/mol. The van der Waals surface area contributed by atoms with Crippen molar-refractivity contribution in [2.75, 3.05) is 0 Å². The van der Waals surface area contributed by atoms with Crippen LogP contribution < -0.4 is 10.1 Å². The van der Waals surface area contributed by atoms with Crippen LogP contribution in [0.15, 0.2) is 51.8 Å². The monoisotopic (exact) mass is 524 g/mol. The first kappa shape index (κ1) is 23.9. The zero-order valence-electron chi connectivity index (χ0n) is 15.3. The maximum Gasteiger partial charge on any atom is 0.404 e. The molecule has 0 saturated heterocycles. The predicted octanol–water partition coefficient (Wildman–Crippen LogP) is 4.74. The maximum atomic E-state index is 13.3. The van der Waals surface area contributed by atoms with Gasteiger partial charge in [-0.15, -0.1) is 12.4 Å². The molecular formula is C18H16BrClF2N2O5S. The van der Waals surface area contributed by atoms with Crippen LogP contribution >= 0.6 is 28.3 Å². The molecule has 0 radical (unpaired) electrons. The second kappa shape index (κ2) is 9.19. The summed E-state index contributed by atoms with van der Waals surface area (Å²) in [6.45, 7) is -1.56. The van der Waals surface area contributed by atoms with Gasteiger partial charge in [0.15, 0.2) is 0 Å².